The number of nitrogens with zero attached hydrogens (tertiary/aromatic N) is 5. The lowest BCUT2D eigenvalue weighted by Crippen LogP contribution is -2.40. The molecule has 0 radical (unpaired) electrons. The van der Waals surface area contributed by atoms with Crippen molar-refractivity contribution in [3.05, 3.63) is 80.0 Å². The number of benzene rings is 1. The van der Waals surface area contributed by atoms with E-state index in [1.165, 1.54) is 16.8 Å². The third-order valence-electron chi connectivity index (χ3n) is 7.32. The molecule has 0 saturated heterocycles. The van der Waals surface area contributed by atoms with Crippen molar-refractivity contribution in [2.75, 3.05) is 40.0 Å². The molecule has 0 aliphatic carbocycles. The minimum atomic E-state index is -0.431. The number of aromatic nitrogens is 2. The van der Waals surface area contributed by atoms with Crippen LogP contribution in [0.15, 0.2) is 41.5 Å². The number of likely N-dealkylation sites (N-methyl/N-ethyl adjacent to an activating group) is 1. The Balaban J connectivity index is 1.76. The van der Waals surface area contributed by atoms with E-state index in [9.17, 15) is 19.2 Å². The van der Waals surface area contributed by atoms with Crippen molar-refractivity contribution in [3.63, 3.8) is 0 Å². The first kappa shape index (κ1) is 29.2. The Labute approximate surface area is 238 Å². The van der Waals surface area contributed by atoms with Crippen LogP contribution in [0.2, 0.25) is 5.02 Å². The smallest absolute Gasteiger partial charge is 0.254 e. The number of rotatable bonds is 10. The van der Waals surface area contributed by atoms with Gasteiger partial charge < -0.3 is 19.1 Å². The largest absolute Gasteiger partial charge is 0.492 e. The van der Waals surface area contributed by atoms with Gasteiger partial charge in [-0.25, -0.2) is 4.39 Å². The summed E-state index contributed by atoms with van der Waals surface area (Å²) < 4.78 is 20.0. The number of pyridine rings is 2. The van der Waals surface area contributed by atoms with Crippen LogP contribution < -0.4 is 10.3 Å². The number of carbonyl (C=O) groups excluding carboxylic acids is 1. The van der Waals surface area contributed by atoms with Gasteiger partial charge >= 0.3 is 0 Å². The molecule has 1 atom stereocenters. The first-order chi connectivity index (χ1) is 19.2. The predicted molar refractivity (Wildman–Crippen MR) is 153 cm³/mol. The fraction of sp³-hybridized carbons (Fsp3) is 0.400. The third-order valence-corrected chi connectivity index (χ3v) is 7.64. The lowest BCUT2D eigenvalue weighted by atomic mass is 9.87. The lowest BCUT2D eigenvalue weighted by molar-refractivity contribution is 0.0669. The zero-order valence-corrected chi connectivity index (χ0v) is 24.0. The second kappa shape index (κ2) is 12.6. The molecule has 0 unspecified atom stereocenters. The van der Waals surface area contributed by atoms with Gasteiger partial charge in [0, 0.05) is 62.3 Å². The maximum absolute atomic E-state index is 14.0. The number of ether oxygens (including phenoxy) is 1. The molecular weight excluding hydrogens is 533 g/mol. The topological polar surface area (TPSA) is 91.5 Å². The minimum absolute atomic E-state index is 0.140. The SMILES string of the molecule is CCOc1cc([C@H](C)N2CCc3c(cc(CCN(C)CCF)cc3-c3cn(C)c(=O)cc3Cl)C2=O)ncc1C#N. The number of carbonyl (C=O) groups is 1. The van der Waals surface area contributed by atoms with Crippen molar-refractivity contribution in [1.82, 2.24) is 19.4 Å². The molecule has 0 N–H and O–H groups in total. The Kier molecular flexibility index (Phi) is 9.23. The zero-order chi connectivity index (χ0) is 29.0. The first-order valence-electron chi connectivity index (χ1n) is 13.3. The Bertz CT molecular complexity index is 1520. The van der Waals surface area contributed by atoms with E-state index in [1.54, 1.807) is 24.2 Å². The molecule has 2 aromatic heterocycles. The van der Waals surface area contributed by atoms with Crippen LogP contribution in [0.4, 0.5) is 4.39 Å². The number of aryl methyl sites for hydroxylation is 1. The lowest BCUT2D eigenvalue weighted by Gasteiger charge is -2.35. The van der Waals surface area contributed by atoms with Crippen LogP contribution in [0.3, 0.4) is 0 Å². The van der Waals surface area contributed by atoms with Crippen LogP contribution >= 0.6 is 11.6 Å². The van der Waals surface area contributed by atoms with Gasteiger partial charge in [0.2, 0.25) is 0 Å². The van der Waals surface area contributed by atoms with Crippen LogP contribution in [0.5, 0.6) is 5.75 Å². The fourth-order valence-corrected chi connectivity index (χ4v) is 5.26. The zero-order valence-electron chi connectivity index (χ0n) is 23.2. The van der Waals surface area contributed by atoms with Crippen molar-refractivity contribution in [2.24, 2.45) is 7.05 Å². The van der Waals surface area contributed by atoms with E-state index < -0.39 is 6.67 Å². The molecule has 0 spiro atoms. The molecule has 210 valence electrons. The normalized spacial score (nSPS) is 13.8. The second-order valence-electron chi connectivity index (χ2n) is 9.97. The number of nitriles is 1. The van der Waals surface area contributed by atoms with E-state index in [0.717, 1.165) is 16.7 Å². The van der Waals surface area contributed by atoms with E-state index in [4.69, 9.17) is 16.3 Å². The monoisotopic (exact) mass is 565 g/mol. The summed E-state index contributed by atoms with van der Waals surface area (Å²) in [5.41, 5.74) is 4.62. The quantitative estimate of drug-likeness (QED) is 0.357. The molecule has 0 saturated carbocycles. The van der Waals surface area contributed by atoms with E-state index >= 15 is 0 Å². The van der Waals surface area contributed by atoms with Gasteiger partial charge in [0.15, 0.2) is 0 Å². The molecule has 1 aliphatic rings. The number of alkyl halides is 1. The number of fused-ring (bicyclic) bond motifs is 1. The van der Waals surface area contributed by atoms with Gasteiger partial charge in [-0.3, -0.25) is 14.6 Å². The molecule has 3 heterocycles. The van der Waals surface area contributed by atoms with E-state index in [1.807, 2.05) is 37.9 Å². The van der Waals surface area contributed by atoms with Crippen molar-refractivity contribution in [2.45, 2.75) is 32.7 Å². The summed E-state index contributed by atoms with van der Waals surface area (Å²) in [7, 11) is 3.53. The Morgan fingerprint density at radius 3 is 2.65 bits per heavy atom. The van der Waals surface area contributed by atoms with E-state index in [0.29, 0.717) is 72.2 Å². The average molecular weight is 566 g/mol. The summed E-state index contributed by atoms with van der Waals surface area (Å²) in [6.07, 6.45) is 4.37. The van der Waals surface area contributed by atoms with Gasteiger partial charge in [0.25, 0.3) is 11.5 Å². The van der Waals surface area contributed by atoms with Crippen LogP contribution in [0, 0.1) is 11.3 Å². The van der Waals surface area contributed by atoms with Gasteiger partial charge in [-0.05, 0) is 56.5 Å². The fourth-order valence-electron chi connectivity index (χ4n) is 5.01. The second-order valence-corrected chi connectivity index (χ2v) is 10.4. The van der Waals surface area contributed by atoms with Gasteiger partial charge in [0.05, 0.1) is 23.4 Å². The highest BCUT2D eigenvalue weighted by atomic mass is 35.5. The molecule has 4 rings (SSSR count). The molecule has 1 amide bonds. The van der Waals surface area contributed by atoms with Crippen molar-refractivity contribution < 1.29 is 13.9 Å². The average Bonchev–Trinajstić information content (AvgIpc) is 2.94. The summed E-state index contributed by atoms with van der Waals surface area (Å²) in [4.78, 5) is 34.3. The minimum Gasteiger partial charge on any atom is -0.492 e. The molecule has 10 heteroatoms. The molecule has 0 bridgehead atoms. The highest BCUT2D eigenvalue weighted by Crippen LogP contribution is 2.37. The maximum atomic E-state index is 14.0. The van der Waals surface area contributed by atoms with Crippen LogP contribution in [0.25, 0.3) is 11.1 Å². The summed E-state index contributed by atoms with van der Waals surface area (Å²) in [6.45, 7) is 5.13. The molecule has 8 nitrogen and oxygen atoms in total. The van der Waals surface area contributed by atoms with Crippen molar-refractivity contribution >= 4 is 17.5 Å². The number of amides is 1. The van der Waals surface area contributed by atoms with Crippen molar-refractivity contribution in [1.29, 1.82) is 5.26 Å². The van der Waals surface area contributed by atoms with E-state index in [-0.39, 0.29) is 17.5 Å². The molecule has 1 aromatic carbocycles. The molecule has 0 fully saturated rings. The number of hydrogen-bond acceptors (Lipinski definition) is 6. The highest BCUT2D eigenvalue weighted by molar-refractivity contribution is 6.33. The highest BCUT2D eigenvalue weighted by Gasteiger charge is 2.32. The van der Waals surface area contributed by atoms with Gasteiger partial charge in [-0.2, -0.15) is 5.26 Å². The summed E-state index contributed by atoms with van der Waals surface area (Å²) in [5, 5.41) is 9.72. The standard InChI is InChI=1S/C30H33ClFN5O3/c1-5-40-28-15-27(34-17-21(28)16-33)19(2)37-10-7-22-23(25-18-36(4)29(38)14-26(25)31)12-20(13-24(22)30(37)39)6-9-35(3)11-8-32/h12-15,17-19H,5-11H2,1-4H3/t19-/m0/s1. The molecule has 1 aliphatic heterocycles. The van der Waals surface area contributed by atoms with Crippen LogP contribution in [-0.4, -0.2) is 65.2 Å². The Hall–Kier alpha value is -3.74. The molecule has 3 aromatic rings. The number of hydrogen-bond donors (Lipinski definition) is 0. The molecular formula is C30H33ClFN5O3. The Morgan fingerprint density at radius 2 is 1.95 bits per heavy atom. The van der Waals surface area contributed by atoms with Crippen LogP contribution in [0.1, 0.15) is 52.6 Å². The van der Waals surface area contributed by atoms with Gasteiger partial charge in [-0.15, -0.1) is 0 Å². The van der Waals surface area contributed by atoms with Crippen molar-refractivity contribution in [3.8, 4) is 22.9 Å². The predicted octanol–water partition coefficient (Wildman–Crippen LogP) is 4.57. The Morgan fingerprint density at radius 1 is 1.20 bits per heavy atom. The summed E-state index contributed by atoms with van der Waals surface area (Å²) >= 11 is 6.56. The van der Waals surface area contributed by atoms with Gasteiger partial charge in [-0.1, -0.05) is 17.7 Å². The first-order valence-corrected chi connectivity index (χ1v) is 13.7. The van der Waals surface area contributed by atoms with E-state index in [2.05, 4.69) is 11.1 Å². The summed E-state index contributed by atoms with van der Waals surface area (Å²) in [5.74, 6) is 0.303. The number of halogens is 2. The maximum Gasteiger partial charge on any atom is 0.254 e. The van der Waals surface area contributed by atoms with Crippen LogP contribution in [-0.2, 0) is 19.9 Å². The third kappa shape index (κ3) is 6.03. The molecule has 40 heavy (non-hydrogen) atoms. The van der Waals surface area contributed by atoms with Gasteiger partial charge in [0.1, 0.15) is 24.1 Å². The summed E-state index contributed by atoms with van der Waals surface area (Å²) in [6, 6.07) is 8.78.